The number of carbonyl (C=O) groups is 2. The average Bonchev–Trinajstić information content (AvgIpc) is 2.53. The van der Waals surface area contributed by atoms with Gasteiger partial charge >= 0.3 is 6.03 Å². The Bertz CT molecular complexity index is 488. The first-order valence-corrected chi connectivity index (χ1v) is 8.32. The number of hydrogen-bond donors (Lipinski definition) is 3. The predicted molar refractivity (Wildman–Crippen MR) is 93.1 cm³/mol. The van der Waals surface area contributed by atoms with Crippen LogP contribution in [0.1, 0.15) is 52.1 Å². The van der Waals surface area contributed by atoms with Crippen LogP contribution < -0.4 is 16.0 Å². The lowest BCUT2D eigenvalue weighted by molar-refractivity contribution is -0.121. The lowest BCUT2D eigenvalue weighted by Crippen LogP contribution is -2.41. The van der Waals surface area contributed by atoms with Crippen LogP contribution in [0.25, 0.3) is 0 Å². The van der Waals surface area contributed by atoms with Gasteiger partial charge in [-0.25, -0.2) is 4.79 Å². The second kappa shape index (κ2) is 9.87. The number of carbonyl (C=O) groups excluding carboxylic acids is 2. The minimum atomic E-state index is -0.246. The summed E-state index contributed by atoms with van der Waals surface area (Å²) in [5.41, 5.74) is 1.08. The molecule has 0 bridgehead atoms. The molecule has 0 saturated carbocycles. The van der Waals surface area contributed by atoms with Crippen LogP contribution in [0.4, 0.5) is 4.79 Å². The van der Waals surface area contributed by atoms with Crippen LogP contribution >= 0.6 is 0 Å². The Morgan fingerprint density at radius 2 is 1.70 bits per heavy atom. The molecule has 1 rings (SSSR count). The van der Waals surface area contributed by atoms with Crippen molar-refractivity contribution in [2.24, 2.45) is 5.92 Å². The molecule has 0 aliphatic rings. The number of rotatable bonds is 8. The van der Waals surface area contributed by atoms with Crippen molar-refractivity contribution >= 4 is 11.9 Å². The molecule has 0 heterocycles. The zero-order chi connectivity index (χ0) is 17.2. The highest BCUT2D eigenvalue weighted by Crippen LogP contribution is 2.20. The van der Waals surface area contributed by atoms with Crippen molar-refractivity contribution in [3.05, 3.63) is 35.9 Å². The van der Waals surface area contributed by atoms with Crippen LogP contribution in [-0.4, -0.2) is 24.5 Å². The summed E-state index contributed by atoms with van der Waals surface area (Å²) in [6.07, 6.45) is 1.18. The first-order valence-electron chi connectivity index (χ1n) is 8.32. The van der Waals surface area contributed by atoms with Crippen molar-refractivity contribution in [3.8, 4) is 0 Å². The van der Waals surface area contributed by atoms with Gasteiger partial charge < -0.3 is 16.0 Å². The summed E-state index contributed by atoms with van der Waals surface area (Å²) in [5, 5.41) is 8.60. The van der Waals surface area contributed by atoms with Gasteiger partial charge in [-0.3, -0.25) is 4.79 Å². The van der Waals surface area contributed by atoms with E-state index >= 15 is 0 Å². The zero-order valence-corrected chi connectivity index (χ0v) is 14.6. The van der Waals surface area contributed by atoms with Crippen LogP contribution in [0.2, 0.25) is 0 Å². The minimum Gasteiger partial charge on any atom is -0.354 e. The van der Waals surface area contributed by atoms with Gasteiger partial charge in [-0.1, -0.05) is 51.1 Å². The van der Waals surface area contributed by atoms with Gasteiger partial charge in [-0.05, 0) is 24.8 Å². The SMILES string of the molecule is CCC(C)NC(=O)CCNC(=O)NC(c1ccccc1)C(C)C. The fourth-order valence-corrected chi connectivity index (χ4v) is 2.23. The molecule has 5 heteroatoms. The lowest BCUT2D eigenvalue weighted by atomic mass is 9.96. The van der Waals surface area contributed by atoms with Gasteiger partial charge in [0.1, 0.15) is 0 Å². The zero-order valence-electron chi connectivity index (χ0n) is 14.6. The van der Waals surface area contributed by atoms with Crippen LogP contribution in [0.15, 0.2) is 30.3 Å². The molecular weight excluding hydrogens is 290 g/mol. The molecule has 0 radical (unpaired) electrons. The second-order valence-electron chi connectivity index (χ2n) is 6.16. The van der Waals surface area contributed by atoms with Gasteiger partial charge in [0.2, 0.25) is 5.91 Å². The van der Waals surface area contributed by atoms with Crippen molar-refractivity contribution in [1.82, 2.24) is 16.0 Å². The molecule has 3 N–H and O–H groups in total. The van der Waals surface area contributed by atoms with Gasteiger partial charge in [0.15, 0.2) is 0 Å². The van der Waals surface area contributed by atoms with Gasteiger partial charge in [0.05, 0.1) is 6.04 Å². The summed E-state index contributed by atoms with van der Waals surface area (Å²) in [6.45, 7) is 8.44. The monoisotopic (exact) mass is 319 g/mol. The molecule has 128 valence electrons. The molecule has 5 nitrogen and oxygen atoms in total. The van der Waals surface area contributed by atoms with E-state index in [1.54, 1.807) is 0 Å². The summed E-state index contributed by atoms with van der Waals surface area (Å²) >= 11 is 0. The third-order valence-corrected chi connectivity index (χ3v) is 3.77. The van der Waals surface area contributed by atoms with E-state index in [9.17, 15) is 9.59 Å². The quantitative estimate of drug-likeness (QED) is 0.689. The fraction of sp³-hybridized carbons (Fsp3) is 0.556. The van der Waals surface area contributed by atoms with Crippen LogP contribution in [0, 0.1) is 5.92 Å². The molecule has 0 spiro atoms. The molecule has 0 fully saturated rings. The normalized spacial score (nSPS) is 13.3. The Morgan fingerprint density at radius 3 is 2.26 bits per heavy atom. The Hall–Kier alpha value is -2.04. The molecule has 1 aromatic rings. The minimum absolute atomic E-state index is 0.0388. The number of benzene rings is 1. The maximum Gasteiger partial charge on any atom is 0.315 e. The van der Waals surface area contributed by atoms with Gasteiger partial charge in [0.25, 0.3) is 0 Å². The van der Waals surface area contributed by atoms with Crippen molar-refractivity contribution in [2.75, 3.05) is 6.54 Å². The summed E-state index contributed by atoms with van der Waals surface area (Å²) in [4.78, 5) is 23.7. The standard InChI is InChI=1S/C18H29N3O2/c1-5-14(4)20-16(22)11-12-19-18(23)21-17(13(2)3)15-9-7-6-8-10-15/h6-10,13-14,17H,5,11-12H2,1-4H3,(H,20,22)(H2,19,21,23). The summed E-state index contributed by atoms with van der Waals surface area (Å²) in [5.74, 6) is 0.236. The number of urea groups is 1. The van der Waals surface area contributed by atoms with E-state index < -0.39 is 0 Å². The number of nitrogens with one attached hydrogen (secondary N) is 3. The largest absolute Gasteiger partial charge is 0.354 e. The smallest absolute Gasteiger partial charge is 0.315 e. The van der Waals surface area contributed by atoms with Crippen LogP contribution in [0.3, 0.4) is 0 Å². The predicted octanol–water partition coefficient (Wildman–Crippen LogP) is 2.99. The van der Waals surface area contributed by atoms with E-state index in [1.807, 2.05) is 44.2 Å². The Balaban J connectivity index is 2.41. The lowest BCUT2D eigenvalue weighted by Gasteiger charge is -2.23. The van der Waals surface area contributed by atoms with Crippen molar-refractivity contribution in [2.45, 2.75) is 52.6 Å². The number of amides is 3. The molecule has 0 aromatic heterocycles. The molecular formula is C18H29N3O2. The first-order chi connectivity index (χ1) is 10.9. The molecule has 0 saturated heterocycles. The summed E-state index contributed by atoms with van der Waals surface area (Å²) in [7, 11) is 0. The van der Waals surface area contributed by atoms with Gasteiger partial charge in [-0.2, -0.15) is 0 Å². The molecule has 0 aliphatic heterocycles. The van der Waals surface area contributed by atoms with E-state index in [0.29, 0.717) is 6.54 Å². The molecule has 2 atom stereocenters. The van der Waals surface area contributed by atoms with Crippen molar-refractivity contribution in [1.29, 1.82) is 0 Å². The van der Waals surface area contributed by atoms with Crippen LogP contribution in [-0.2, 0) is 4.79 Å². The molecule has 3 amide bonds. The van der Waals surface area contributed by atoms with E-state index in [2.05, 4.69) is 29.8 Å². The topological polar surface area (TPSA) is 70.2 Å². The molecule has 0 aliphatic carbocycles. The van der Waals surface area contributed by atoms with E-state index in [-0.39, 0.29) is 36.4 Å². The van der Waals surface area contributed by atoms with Gasteiger partial charge in [0, 0.05) is 19.0 Å². The molecule has 23 heavy (non-hydrogen) atoms. The third-order valence-electron chi connectivity index (χ3n) is 3.77. The summed E-state index contributed by atoms with van der Waals surface area (Å²) < 4.78 is 0. The third kappa shape index (κ3) is 7.17. The highest BCUT2D eigenvalue weighted by Gasteiger charge is 2.17. The van der Waals surface area contributed by atoms with E-state index in [4.69, 9.17) is 0 Å². The molecule has 2 unspecified atom stereocenters. The van der Waals surface area contributed by atoms with Crippen molar-refractivity contribution in [3.63, 3.8) is 0 Å². The Labute approximate surface area is 139 Å². The summed E-state index contributed by atoms with van der Waals surface area (Å²) in [6, 6.07) is 9.76. The highest BCUT2D eigenvalue weighted by molar-refractivity contribution is 5.78. The van der Waals surface area contributed by atoms with E-state index in [1.165, 1.54) is 0 Å². The fourth-order valence-electron chi connectivity index (χ4n) is 2.23. The van der Waals surface area contributed by atoms with Gasteiger partial charge in [-0.15, -0.1) is 0 Å². The van der Waals surface area contributed by atoms with Crippen LogP contribution in [0.5, 0.6) is 0 Å². The van der Waals surface area contributed by atoms with Crippen molar-refractivity contribution < 1.29 is 9.59 Å². The Kier molecular flexibility index (Phi) is 8.16. The van der Waals surface area contributed by atoms with E-state index in [0.717, 1.165) is 12.0 Å². The first kappa shape index (κ1) is 19.0. The Morgan fingerprint density at radius 1 is 1.04 bits per heavy atom. The highest BCUT2D eigenvalue weighted by atomic mass is 16.2. The maximum absolute atomic E-state index is 12.0. The molecule has 1 aromatic carbocycles. The second-order valence-corrected chi connectivity index (χ2v) is 6.16. The number of hydrogen-bond acceptors (Lipinski definition) is 2. The average molecular weight is 319 g/mol. The maximum atomic E-state index is 12.0.